The predicted octanol–water partition coefficient (Wildman–Crippen LogP) is -0.533. The second-order valence-electron chi connectivity index (χ2n) is 1.99. The van der Waals surface area contributed by atoms with Gasteiger partial charge in [-0.1, -0.05) is 0 Å². The topological polar surface area (TPSA) is 142 Å². The molecule has 0 aliphatic carbocycles. The van der Waals surface area contributed by atoms with Crippen LogP contribution >= 0.6 is 0 Å². The number of nitrogens with two attached hydrogens (primary N) is 2. The van der Waals surface area contributed by atoms with Crippen LogP contribution < -0.4 is 17.3 Å². The number of carboxylic acid groups (broad SMARTS) is 1. The maximum Gasteiger partial charge on any atom is 0.520 e. The Balaban J connectivity index is 2.88. The third-order valence-corrected chi connectivity index (χ3v) is 1.12. The first-order valence-electron chi connectivity index (χ1n) is 3.05. The number of carbonyl (C=O) groups is 1. The fourth-order valence-electron chi connectivity index (χ4n) is 0.661. The monoisotopic (exact) mass is 190 g/mol. The summed E-state index contributed by atoms with van der Waals surface area (Å²) < 4.78 is 12.6. The third kappa shape index (κ3) is 1.99. The molecule has 8 heteroatoms. The van der Waals surface area contributed by atoms with Gasteiger partial charge in [-0.15, -0.1) is 0 Å². The first-order chi connectivity index (χ1) is 6.00. The zero-order valence-corrected chi connectivity index (χ0v) is 6.22. The molecule has 0 amide bonds. The number of hydrogen-bond acceptors (Lipinski definition) is 7. The van der Waals surface area contributed by atoms with Gasteiger partial charge in [0.15, 0.2) is 0 Å². The normalized spacial score (nSPS) is 12.4. The summed E-state index contributed by atoms with van der Waals surface area (Å²) in [6, 6.07) is 0. The summed E-state index contributed by atoms with van der Waals surface area (Å²) in [5.74, 6) is -1.83. The SMILES string of the molecule is Nc1oc(=O)oc1C(N)OC(=O)O. The Morgan fingerprint density at radius 3 is 2.54 bits per heavy atom. The largest absolute Gasteiger partial charge is 0.520 e. The van der Waals surface area contributed by atoms with Crippen molar-refractivity contribution in [2.24, 2.45) is 5.73 Å². The maximum absolute atomic E-state index is 10.4. The molecular formula is C5H6N2O6. The van der Waals surface area contributed by atoms with E-state index in [0.29, 0.717) is 0 Å². The molecule has 72 valence electrons. The smallest absolute Gasteiger partial charge is 0.450 e. The summed E-state index contributed by atoms with van der Waals surface area (Å²) in [5, 5.41) is 8.15. The Kier molecular flexibility index (Phi) is 2.24. The highest BCUT2D eigenvalue weighted by Gasteiger charge is 2.21. The van der Waals surface area contributed by atoms with E-state index in [9.17, 15) is 9.59 Å². The van der Waals surface area contributed by atoms with E-state index in [1.165, 1.54) is 0 Å². The van der Waals surface area contributed by atoms with Gasteiger partial charge in [0.1, 0.15) is 0 Å². The van der Waals surface area contributed by atoms with Crippen LogP contribution in [0.3, 0.4) is 0 Å². The van der Waals surface area contributed by atoms with Gasteiger partial charge in [-0.05, 0) is 0 Å². The van der Waals surface area contributed by atoms with Crippen LogP contribution in [0, 0.1) is 0 Å². The van der Waals surface area contributed by atoms with Crippen LogP contribution in [0.5, 0.6) is 0 Å². The van der Waals surface area contributed by atoms with E-state index in [0.717, 1.165) is 0 Å². The highest BCUT2D eigenvalue weighted by Crippen LogP contribution is 2.17. The summed E-state index contributed by atoms with van der Waals surface area (Å²) in [6.07, 6.45) is -3.08. The van der Waals surface area contributed by atoms with Crippen molar-refractivity contribution in [2.45, 2.75) is 6.23 Å². The van der Waals surface area contributed by atoms with Crippen molar-refractivity contribution in [1.82, 2.24) is 0 Å². The summed E-state index contributed by atoms with van der Waals surface area (Å²) in [4.78, 5) is 20.4. The van der Waals surface area contributed by atoms with Crippen LogP contribution in [0.2, 0.25) is 0 Å². The van der Waals surface area contributed by atoms with Crippen LogP contribution in [-0.2, 0) is 4.74 Å². The Hall–Kier alpha value is -1.96. The molecule has 13 heavy (non-hydrogen) atoms. The number of rotatable bonds is 2. The minimum Gasteiger partial charge on any atom is -0.450 e. The van der Waals surface area contributed by atoms with Crippen molar-refractivity contribution < 1.29 is 23.5 Å². The molecule has 1 heterocycles. The van der Waals surface area contributed by atoms with Gasteiger partial charge in [-0.25, -0.2) is 9.59 Å². The van der Waals surface area contributed by atoms with E-state index >= 15 is 0 Å². The lowest BCUT2D eigenvalue weighted by molar-refractivity contribution is 0.0446. The van der Waals surface area contributed by atoms with E-state index in [4.69, 9.17) is 16.6 Å². The highest BCUT2D eigenvalue weighted by atomic mass is 16.7. The minimum atomic E-state index is -1.62. The van der Waals surface area contributed by atoms with Gasteiger partial charge < -0.3 is 24.4 Å². The highest BCUT2D eigenvalue weighted by molar-refractivity contribution is 5.57. The zero-order valence-electron chi connectivity index (χ0n) is 6.22. The van der Waals surface area contributed by atoms with Gasteiger partial charge >= 0.3 is 12.0 Å². The van der Waals surface area contributed by atoms with Crippen LogP contribution in [0.25, 0.3) is 0 Å². The second-order valence-corrected chi connectivity index (χ2v) is 1.99. The molecule has 1 aromatic heterocycles. The molecule has 8 nitrogen and oxygen atoms in total. The van der Waals surface area contributed by atoms with Gasteiger partial charge in [-0.2, -0.15) is 0 Å². The molecular weight excluding hydrogens is 184 g/mol. The van der Waals surface area contributed by atoms with Crippen LogP contribution in [0.15, 0.2) is 13.6 Å². The fraction of sp³-hybridized carbons (Fsp3) is 0.200. The van der Waals surface area contributed by atoms with E-state index in [1.807, 2.05) is 0 Å². The van der Waals surface area contributed by atoms with Crippen molar-refractivity contribution in [1.29, 1.82) is 0 Å². The molecule has 0 bridgehead atoms. The molecule has 0 aromatic carbocycles. The molecule has 0 saturated heterocycles. The molecule has 0 aliphatic heterocycles. The van der Waals surface area contributed by atoms with Crippen LogP contribution in [-0.4, -0.2) is 11.3 Å². The Morgan fingerprint density at radius 1 is 1.54 bits per heavy atom. The van der Waals surface area contributed by atoms with Crippen molar-refractivity contribution in [3.63, 3.8) is 0 Å². The van der Waals surface area contributed by atoms with Crippen molar-refractivity contribution in [3.8, 4) is 0 Å². The van der Waals surface area contributed by atoms with E-state index in [2.05, 4.69) is 13.6 Å². The molecule has 0 fully saturated rings. The van der Waals surface area contributed by atoms with E-state index < -0.39 is 24.1 Å². The minimum absolute atomic E-state index is 0.354. The Labute approximate surface area is 70.7 Å². The summed E-state index contributed by atoms with van der Waals surface area (Å²) in [7, 11) is 0. The van der Waals surface area contributed by atoms with Gasteiger partial charge in [0.25, 0.3) is 0 Å². The molecule has 0 radical (unpaired) electrons. The number of ether oxygens (including phenoxy) is 1. The molecule has 1 rings (SSSR count). The standard InChI is InChI=1S/C5H6N2O6/c6-2(12-4(8)9)1-3(7)13-5(10)11-1/h2H,6-7H2,(H,8,9). The van der Waals surface area contributed by atoms with Crippen molar-refractivity contribution in [3.05, 3.63) is 16.4 Å². The molecule has 0 aliphatic rings. The predicted molar refractivity (Wildman–Crippen MR) is 37.7 cm³/mol. The molecule has 0 saturated carbocycles. The van der Waals surface area contributed by atoms with E-state index in [1.54, 1.807) is 0 Å². The van der Waals surface area contributed by atoms with Crippen LogP contribution in [0.4, 0.5) is 10.7 Å². The third-order valence-electron chi connectivity index (χ3n) is 1.12. The molecule has 5 N–H and O–H groups in total. The average molecular weight is 190 g/mol. The summed E-state index contributed by atoms with van der Waals surface area (Å²) in [6.45, 7) is 0. The average Bonchev–Trinajstić information content (AvgIpc) is 2.28. The summed E-state index contributed by atoms with van der Waals surface area (Å²) in [5.41, 5.74) is 10.2. The lowest BCUT2D eigenvalue weighted by Crippen LogP contribution is -2.18. The number of anilines is 1. The first kappa shape index (κ1) is 9.13. The summed E-state index contributed by atoms with van der Waals surface area (Å²) >= 11 is 0. The molecule has 1 unspecified atom stereocenters. The molecule has 0 spiro atoms. The number of hydrogen-bond donors (Lipinski definition) is 3. The van der Waals surface area contributed by atoms with Crippen molar-refractivity contribution in [2.75, 3.05) is 5.73 Å². The maximum atomic E-state index is 10.4. The zero-order chi connectivity index (χ0) is 10.0. The quantitative estimate of drug-likeness (QED) is 0.417. The Bertz CT molecular complexity index is 365. The van der Waals surface area contributed by atoms with Gasteiger partial charge in [-0.3, -0.25) is 5.73 Å². The van der Waals surface area contributed by atoms with Gasteiger partial charge in [0.05, 0.1) is 0 Å². The Morgan fingerprint density at radius 2 is 2.15 bits per heavy atom. The number of nitrogen functional groups attached to an aromatic ring is 1. The van der Waals surface area contributed by atoms with E-state index in [-0.39, 0.29) is 5.76 Å². The fourth-order valence-corrected chi connectivity index (χ4v) is 0.661. The molecule has 1 aromatic rings. The van der Waals surface area contributed by atoms with Crippen LogP contribution in [0.1, 0.15) is 12.0 Å². The lowest BCUT2D eigenvalue weighted by atomic mass is 10.4. The first-order valence-corrected chi connectivity index (χ1v) is 3.05. The van der Waals surface area contributed by atoms with Gasteiger partial charge in [0.2, 0.25) is 17.9 Å². The lowest BCUT2D eigenvalue weighted by Gasteiger charge is -2.05. The molecule has 1 atom stereocenters. The van der Waals surface area contributed by atoms with Gasteiger partial charge in [0, 0.05) is 0 Å². The van der Waals surface area contributed by atoms with Crippen molar-refractivity contribution >= 4 is 12.0 Å². The second kappa shape index (κ2) is 3.19.